The third-order valence-corrected chi connectivity index (χ3v) is 3.45. The largest absolute Gasteiger partial charge is 0.471 e. The van der Waals surface area contributed by atoms with Gasteiger partial charge in [0.15, 0.2) is 0 Å². The van der Waals surface area contributed by atoms with Crippen LogP contribution in [0.1, 0.15) is 30.1 Å². The Hall–Kier alpha value is -2.25. The van der Waals surface area contributed by atoms with E-state index in [4.69, 9.17) is 4.74 Å². The molecule has 1 aromatic rings. The number of nitrogens with zero attached hydrogens (tertiary/aromatic N) is 1. The number of ether oxygens (including phenoxy) is 1. The summed E-state index contributed by atoms with van der Waals surface area (Å²) in [4.78, 5) is 25.1. The summed E-state index contributed by atoms with van der Waals surface area (Å²) in [6, 6.07) is 4.10. The maximum absolute atomic E-state index is 12.3. The highest BCUT2D eigenvalue weighted by Gasteiger charge is 2.38. The number of nitrogens with one attached hydrogen (secondary N) is 1. The van der Waals surface area contributed by atoms with Crippen LogP contribution in [-0.4, -0.2) is 37.7 Å². The second kappa shape index (κ2) is 6.89. The third kappa shape index (κ3) is 4.14. The number of hydrogen-bond acceptors (Lipinski definition) is 4. The van der Waals surface area contributed by atoms with Crippen LogP contribution in [0.5, 0.6) is 0 Å². The second-order valence-corrected chi connectivity index (χ2v) is 5.10. The highest BCUT2D eigenvalue weighted by Crippen LogP contribution is 2.29. The van der Waals surface area contributed by atoms with Crippen LogP contribution in [0.2, 0.25) is 0 Å². The molecule has 2 rings (SSSR count). The van der Waals surface area contributed by atoms with Crippen molar-refractivity contribution in [2.75, 3.05) is 29.9 Å². The molecule has 0 radical (unpaired) electrons. The fourth-order valence-electron chi connectivity index (χ4n) is 2.42. The van der Waals surface area contributed by atoms with Gasteiger partial charge in [-0.25, -0.2) is 4.79 Å². The summed E-state index contributed by atoms with van der Waals surface area (Å²) in [7, 11) is 0. The van der Waals surface area contributed by atoms with Crippen LogP contribution in [0.25, 0.3) is 0 Å². The summed E-state index contributed by atoms with van der Waals surface area (Å²) < 4.78 is 41.9. The summed E-state index contributed by atoms with van der Waals surface area (Å²) in [5.74, 6) is -2.71. The molecule has 0 bridgehead atoms. The fourth-order valence-corrected chi connectivity index (χ4v) is 2.42. The van der Waals surface area contributed by atoms with E-state index in [9.17, 15) is 22.8 Å². The molecule has 1 aliphatic rings. The minimum atomic E-state index is -4.99. The van der Waals surface area contributed by atoms with Gasteiger partial charge in [-0.05, 0) is 38.0 Å². The average molecular weight is 330 g/mol. The van der Waals surface area contributed by atoms with Crippen molar-refractivity contribution in [3.8, 4) is 0 Å². The lowest BCUT2D eigenvalue weighted by Crippen LogP contribution is -2.30. The highest BCUT2D eigenvalue weighted by atomic mass is 19.4. The summed E-state index contributed by atoms with van der Waals surface area (Å²) >= 11 is 0. The van der Waals surface area contributed by atoms with Gasteiger partial charge in [0.2, 0.25) is 0 Å². The van der Waals surface area contributed by atoms with Crippen molar-refractivity contribution < 1.29 is 27.5 Å². The maximum atomic E-state index is 12.3. The Morgan fingerprint density at radius 1 is 1.26 bits per heavy atom. The number of alkyl halides is 3. The smallest absolute Gasteiger partial charge is 0.462 e. The second-order valence-electron chi connectivity index (χ2n) is 5.10. The minimum absolute atomic E-state index is 0.0988. The third-order valence-electron chi connectivity index (χ3n) is 3.45. The van der Waals surface area contributed by atoms with E-state index in [1.807, 2.05) is 4.90 Å². The van der Waals surface area contributed by atoms with E-state index in [1.165, 1.54) is 18.2 Å². The van der Waals surface area contributed by atoms with Gasteiger partial charge in [-0.15, -0.1) is 0 Å². The first-order valence-electron chi connectivity index (χ1n) is 7.27. The molecule has 1 fully saturated rings. The molecule has 0 aromatic heterocycles. The number of benzene rings is 1. The van der Waals surface area contributed by atoms with Crippen LogP contribution in [0, 0.1) is 0 Å². The number of carbonyl (C=O) groups is 2. The summed E-state index contributed by atoms with van der Waals surface area (Å²) in [6.07, 6.45) is -3.03. The monoisotopic (exact) mass is 330 g/mol. The fraction of sp³-hybridized carbons (Fsp3) is 0.467. The Bertz CT molecular complexity index is 596. The van der Waals surface area contributed by atoms with E-state index in [0.29, 0.717) is 5.69 Å². The Balaban J connectivity index is 2.31. The molecule has 23 heavy (non-hydrogen) atoms. The molecule has 1 aliphatic heterocycles. The van der Waals surface area contributed by atoms with Crippen LogP contribution in [0.4, 0.5) is 24.5 Å². The molecular formula is C15H17F3N2O3. The molecule has 0 unspecified atom stereocenters. The van der Waals surface area contributed by atoms with E-state index in [1.54, 1.807) is 12.2 Å². The van der Waals surface area contributed by atoms with Crippen LogP contribution >= 0.6 is 0 Å². The van der Waals surface area contributed by atoms with Crippen molar-refractivity contribution in [1.82, 2.24) is 0 Å². The van der Waals surface area contributed by atoms with Gasteiger partial charge in [0.25, 0.3) is 0 Å². The van der Waals surface area contributed by atoms with E-state index in [2.05, 4.69) is 0 Å². The van der Waals surface area contributed by atoms with Crippen LogP contribution in [0.15, 0.2) is 18.2 Å². The number of amides is 1. The first-order chi connectivity index (χ1) is 10.8. The van der Waals surface area contributed by atoms with Crippen LogP contribution in [-0.2, 0) is 9.53 Å². The number of halogens is 3. The predicted molar refractivity (Wildman–Crippen MR) is 78.5 cm³/mol. The SMILES string of the molecule is CCOC(=O)c1cc(NC(=O)C(F)(F)F)ccc1N1CCCC1. The van der Waals surface area contributed by atoms with Crippen molar-refractivity contribution >= 4 is 23.3 Å². The Morgan fingerprint density at radius 2 is 1.91 bits per heavy atom. The Morgan fingerprint density at radius 3 is 2.48 bits per heavy atom. The maximum Gasteiger partial charge on any atom is 0.471 e. The molecule has 8 heteroatoms. The van der Waals surface area contributed by atoms with Gasteiger partial charge in [-0.1, -0.05) is 0 Å². The van der Waals surface area contributed by atoms with Gasteiger partial charge in [0.1, 0.15) is 0 Å². The lowest BCUT2D eigenvalue weighted by atomic mass is 10.1. The molecule has 1 N–H and O–H groups in total. The molecule has 5 nitrogen and oxygen atoms in total. The highest BCUT2D eigenvalue weighted by molar-refractivity contribution is 6.00. The van der Waals surface area contributed by atoms with Gasteiger partial charge in [-0.3, -0.25) is 4.79 Å². The zero-order chi connectivity index (χ0) is 17.0. The van der Waals surface area contributed by atoms with Gasteiger partial charge in [-0.2, -0.15) is 13.2 Å². The standard InChI is InChI=1S/C15H17F3N2O3/c1-2-23-13(21)11-9-10(19-14(22)15(16,17)18)5-6-12(11)20-7-3-4-8-20/h5-6,9H,2-4,7-8H2,1H3,(H,19,22). The molecule has 1 heterocycles. The molecule has 0 aliphatic carbocycles. The lowest BCUT2D eigenvalue weighted by Gasteiger charge is -2.21. The predicted octanol–water partition coefficient (Wildman–Crippen LogP) is 2.96. The molecule has 0 spiro atoms. The summed E-state index contributed by atoms with van der Waals surface area (Å²) in [6.45, 7) is 3.32. The molecule has 126 valence electrons. The summed E-state index contributed by atoms with van der Waals surface area (Å²) in [5, 5.41) is 1.75. The first-order valence-corrected chi connectivity index (χ1v) is 7.27. The number of esters is 1. The lowest BCUT2D eigenvalue weighted by molar-refractivity contribution is -0.167. The van der Waals surface area contributed by atoms with Crippen LogP contribution < -0.4 is 10.2 Å². The van der Waals surface area contributed by atoms with Crippen molar-refractivity contribution in [1.29, 1.82) is 0 Å². The molecule has 1 saturated heterocycles. The molecule has 1 aromatic carbocycles. The van der Waals surface area contributed by atoms with Gasteiger partial charge in [0.05, 0.1) is 17.9 Å². The number of carbonyl (C=O) groups excluding carboxylic acids is 2. The van der Waals surface area contributed by atoms with Crippen molar-refractivity contribution in [2.24, 2.45) is 0 Å². The molecular weight excluding hydrogens is 313 g/mol. The van der Waals surface area contributed by atoms with Crippen molar-refractivity contribution in [3.63, 3.8) is 0 Å². The normalized spacial score (nSPS) is 14.7. The van der Waals surface area contributed by atoms with Gasteiger partial charge >= 0.3 is 18.1 Å². The molecule has 1 amide bonds. The number of anilines is 2. The topological polar surface area (TPSA) is 58.6 Å². The van der Waals surface area contributed by atoms with E-state index < -0.39 is 18.1 Å². The van der Waals surface area contributed by atoms with E-state index >= 15 is 0 Å². The van der Waals surface area contributed by atoms with E-state index in [-0.39, 0.29) is 17.9 Å². The van der Waals surface area contributed by atoms with Crippen molar-refractivity contribution in [2.45, 2.75) is 25.9 Å². The van der Waals surface area contributed by atoms with Gasteiger partial charge < -0.3 is 15.0 Å². The number of rotatable bonds is 4. The average Bonchev–Trinajstić information content (AvgIpc) is 3.00. The zero-order valence-corrected chi connectivity index (χ0v) is 12.6. The molecule has 0 saturated carbocycles. The minimum Gasteiger partial charge on any atom is -0.462 e. The van der Waals surface area contributed by atoms with Gasteiger partial charge in [0, 0.05) is 18.8 Å². The Labute approximate surface area is 131 Å². The zero-order valence-electron chi connectivity index (χ0n) is 12.6. The number of hydrogen-bond donors (Lipinski definition) is 1. The Kier molecular flexibility index (Phi) is 5.12. The molecule has 0 atom stereocenters. The first kappa shape index (κ1) is 17.1. The summed E-state index contributed by atoms with van der Waals surface area (Å²) in [5.41, 5.74) is 0.651. The van der Waals surface area contributed by atoms with Crippen LogP contribution in [0.3, 0.4) is 0 Å². The van der Waals surface area contributed by atoms with E-state index in [0.717, 1.165) is 25.9 Å². The van der Waals surface area contributed by atoms with Crippen molar-refractivity contribution in [3.05, 3.63) is 23.8 Å². The quantitative estimate of drug-likeness (QED) is 0.863.